The Balaban J connectivity index is 2.49. The van der Waals surface area contributed by atoms with E-state index in [-0.39, 0.29) is 17.4 Å². The molecule has 3 N–H and O–H groups in total. The zero-order chi connectivity index (χ0) is 12.2. The van der Waals surface area contributed by atoms with E-state index in [0.717, 1.165) is 25.9 Å². The van der Waals surface area contributed by atoms with E-state index in [1.54, 1.807) is 0 Å². The summed E-state index contributed by atoms with van der Waals surface area (Å²) in [6.45, 7) is 7.45. The van der Waals surface area contributed by atoms with E-state index >= 15 is 0 Å². The monoisotopic (exact) mass is 228 g/mol. The van der Waals surface area contributed by atoms with Gasteiger partial charge in [0.2, 0.25) is 5.91 Å². The molecular weight excluding hydrogens is 204 g/mol. The van der Waals surface area contributed by atoms with Crippen LogP contribution in [0.5, 0.6) is 0 Å². The largest absolute Gasteiger partial charge is 0.379 e. The van der Waals surface area contributed by atoms with Gasteiger partial charge in [-0.1, -0.05) is 20.3 Å². The van der Waals surface area contributed by atoms with Crippen molar-refractivity contribution in [2.45, 2.75) is 51.6 Å². The number of carbonyl (C=O) groups excluding carboxylic acids is 1. The molecule has 1 amide bonds. The van der Waals surface area contributed by atoms with Gasteiger partial charge in [-0.3, -0.25) is 4.79 Å². The van der Waals surface area contributed by atoms with Gasteiger partial charge in [-0.15, -0.1) is 0 Å². The molecular formula is C12H24N2O2. The zero-order valence-corrected chi connectivity index (χ0v) is 10.6. The number of carbonyl (C=O) groups is 1. The van der Waals surface area contributed by atoms with Gasteiger partial charge < -0.3 is 15.8 Å². The van der Waals surface area contributed by atoms with Crippen LogP contribution in [0, 0.1) is 5.92 Å². The fraction of sp³-hybridized carbons (Fsp3) is 0.917. The topological polar surface area (TPSA) is 64.4 Å². The predicted octanol–water partition coefficient (Wildman–Crippen LogP) is 1.05. The predicted molar refractivity (Wildman–Crippen MR) is 64.0 cm³/mol. The van der Waals surface area contributed by atoms with Gasteiger partial charge in [0.05, 0.1) is 18.2 Å². The van der Waals surface area contributed by atoms with Crippen LogP contribution in [-0.2, 0) is 9.53 Å². The zero-order valence-electron chi connectivity index (χ0n) is 10.6. The number of nitrogens with one attached hydrogen (secondary N) is 1. The molecule has 1 fully saturated rings. The van der Waals surface area contributed by atoms with Crippen molar-refractivity contribution in [3.8, 4) is 0 Å². The fourth-order valence-electron chi connectivity index (χ4n) is 1.93. The van der Waals surface area contributed by atoms with Gasteiger partial charge >= 0.3 is 0 Å². The molecule has 0 bridgehead atoms. The molecule has 1 rings (SSSR count). The van der Waals surface area contributed by atoms with Crippen molar-refractivity contribution in [1.82, 2.24) is 5.32 Å². The average Bonchev–Trinajstić information content (AvgIpc) is 2.27. The minimum absolute atomic E-state index is 0.0534. The molecule has 0 aliphatic carbocycles. The van der Waals surface area contributed by atoms with E-state index in [9.17, 15) is 4.79 Å². The molecule has 0 radical (unpaired) electrons. The van der Waals surface area contributed by atoms with Crippen LogP contribution in [-0.4, -0.2) is 30.7 Å². The average molecular weight is 228 g/mol. The lowest BCUT2D eigenvalue weighted by molar-refractivity contribution is -0.127. The van der Waals surface area contributed by atoms with Crippen molar-refractivity contribution >= 4 is 5.91 Å². The maximum absolute atomic E-state index is 11.9. The maximum atomic E-state index is 11.9. The number of amides is 1. The van der Waals surface area contributed by atoms with Crippen LogP contribution in [0.3, 0.4) is 0 Å². The third-order valence-corrected chi connectivity index (χ3v) is 3.42. The summed E-state index contributed by atoms with van der Waals surface area (Å²) in [6, 6.07) is -0.413. The van der Waals surface area contributed by atoms with Gasteiger partial charge in [0, 0.05) is 6.61 Å². The summed E-state index contributed by atoms with van der Waals surface area (Å²) < 4.78 is 5.40. The Labute approximate surface area is 97.9 Å². The minimum atomic E-state index is -0.413. The van der Waals surface area contributed by atoms with Crippen LogP contribution in [0.15, 0.2) is 0 Å². The SMILES string of the molecule is CC[C@H](C)[C@H](N)C(=O)NC1(C)CCCOC1. The molecule has 0 aromatic heterocycles. The summed E-state index contributed by atoms with van der Waals surface area (Å²) in [7, 11) is 0. The molecule has 94 valence electrons. The van der Waals surface area contributed by atoms with Crippen LogP contribution >= 0.6 is 0 Å². The van der Waals surface area contributed by atoms with Gasteiger partial charge in [0.25, 0.3) is 0 Å². The highest BCUT2D eigenvalue weighted by molar-refractivity contribution is 5.82. The Morgan fingerprint density at radius 2 is 2.31 bits per heavy atom. The lowest BCUT2D eigenvalue weighted by Gasteiger charge is -2.35. The molecule has 0 spiro atoms. The second-order valence-electron chi connectivity index (χ2n) is 5.12. The molecule has 1 heterocycles. The molecule has 4 heteroatoms. The number of rotatable bonds is 4. The van der Waals surface area contributed by atoms with Crippen molar-refractivity contribution in [1.29, 1.82) is 0 Å². The number of nitrogens with two attached hydrogens (primary N) is 1. The first-order chi connectivity index (χ1) is 7.48. The molecule has 1 aliphatic rings. The summed E-state index contributed by atoms with van der Waals surface area (Å²) in [5.74, 6) is 0.162. The molecule has 3 atom stereocenters. The first-order valence-electron chi connectivity index (χ1n) is 6.14. The van der Waals surface area contributed by atoms with Crippen LogP contribution in [0.2, 0.25) is 0 Å². The fourth-order valence-corrected chi connectivity index (χ4v) is 1.93. The number of ether oxygens (including phenoxy) is 1. The van der Waals surface area contributed by atoms with Crippen LogP contribution < -0.4 is 11.1 Å². The highest BCUT2D eigenvalue weighted by Crippen LogP contribution is 2.19. The van der Waals surface area contributed by atoms with Gasteiger partial charge in [-0.25, -0.2) is 0 Å². The van der Waals surface area contributed by atoms with E-state index in [1.165, 1.54) is 0 Å². The van der Waals surface area contributed by atoms with Crippen molar-refractivity contribution in [2.75, 3.05) is 13.2 Å². The summed E-state index contributed by atoms with van der Waals surface area (Å²) in [5.41, 5.74) is 5.66. The van der Waals surface area contributed by atoms with Crippen LogP contribution in [0.4, 0.5) is 0 Å². The molecule has 1 saturated heterocycles. The van der Waals surface area contributed by atoms with Gasteiger partial charge in [0.1, 0.15) is 0 Å². The Kier molecular flexibility index (Phi) is 4.74. The lowest BCUT2D eigenvalue weighted by Crippen LogP contribution is -2.57. The smallest absolute Gasteiger partial charge is 0.237 e. The number of hydrogen-bond donors (Lipinski definition) is 2. The second-order valence-corrected chi connectivity index (χ2v) is 5.12. The highest BCUT2D eigenvalue weighted by atomic mass is 16.5. The minimum Gasteiger partial charge on any atom is -0.379 e. The third-order valence-electron chi connectivity index (χ3n) is 3.42. The molecule has 1 aliphatic heterocycles. The standard InChI is InChI=1S/C12H24N2O2/c1-4-9(2)10(13)11(15)14-12(3)6-5-7-16-8-12/h9-10H,4-8,13H2,1-3H3,(H,14,15)/t9-,10-,12?/m0/s1. The Morgan fingerprint density at radius 1 is 1.62 bits per heavy atom. The third kappa shape index (κ3) is 3.46. The van der Waals surface area contributed by atoms with Crippen molar-refractivity contribution in [3.05, 3.63) is 0 Å². The first-order valence-corrected chi connectivity index (χ1v) is 6.14. The molecule has 0 saturated carbocycles. The number of hydrogen-bond acceptors (Lipinski definition) is 3. The van der Waals surface area contributed by atoms with Crippen LogP contribution in [0.1, 0.15) is 40.0 Å². The lowest BCUT2D eigenvalue weighted by atomic mass is 9.92. The summed E-state index contributed by atoms with van der Waals surface area (Å²) in [5, 5.41) is 3.02. The van der Waals surface area contributed by atoms with Crippen LogP contribution in [0.25, 0.3) is 0 Å². The van der Waals surface area contributed by atoms with E-state index in [1.807, 2.05) is 20.8 Å². The maximum Gasteiger partial charge on any atom is 0.237 e. The van der Waals surface area contributed by atoms with E-state index < -0.39 is 6.04 Å². The van der Waals surface area contributed by atoms with Gasteiger partial charge in [0.15, 0.2) is 0 Å². The normalized spacial score (nSPS) is 29.5. The molecule has 0 aromatic rings. The highest BCUT2D eigenvalue weighted by Gasteiger charge is 2.31. The van der Waals surface area contributed by atoms with Crippen molar-refractivity contribution in [2.24, 2.45) is 11.7 Å². The summed E-state index contributed by atoms with van der Waals surface area (Å²) >= 11 is 0. The molecule has 1 unspecified atom stereocenters. The Bertz CT molecular complexity index is 237. The van der Waals surface area contributed by atoms with Crippen molar-refractivity contribution < 1.29 is 9.53 Å². The molecule has 4 nitrogen and oxygen atoms in total. The first kappa shape index (κ1) is 13.5. The summed E-state index contributed by atoms with van der Waals surface area (Å²) in [6.07, 6.45) is 2.88. The molecule has 16 heavy (non-hydrogen) atoms. The van der Waals surface area contributed by atoms with Gasteiger partial charge in [-0.05, 0) is 25.7 Å². The summed E-state index contributed by atoms with van der Waals surface area (Å²) in [4.78, 5) is 11.9. The molecule has 0 aromatic carbocycles. The Morgan fingerprint density at radius 3 is 2.81 bits per heavy atom. The Hall–Kier alpha value is -0.610. The second kappa shape index (κ2) is 5.64. The van der Waals surface area contributed by atoms with E-state index in [4.69, 9.17) is 10.5 Å². The van der Waals surface area contributed by atoms with E-state index in [2.05, 4.69) is 5.32 Å². The quantitative estimate of drug-likeness (QED) is 0.756. The van der Waals surface area contributed by atoms with E-state index in [0.29, 0.717) is 6.61 Å². The van der Waals surface area contributed by atoms with Gasteiger partial charge in [-0.2, -0.15) is 0 Å². The van der Waals surface area contributed by atoms with Crippen molar-refractivity contribution in [3.63, 3.8) is 0 Å².